The molecule has 1 fully saturated rings. The predicted molar refractivity (Wildman–Crippen MR) is 81.6 cm³/mol. The molecule has 1 aliphatic rings. The van der Waals surface area contributed by atoms with Gasteiger partial charge in [0.2, 0.25) is 0 Å². The molecule has 1 aliphatic heterocycles. The van der Waals surface area contributed by atoms with Crippen LogP contribution in [0.1, 0.15) is 12.8 Å². The highest BCUT2D eigenvalue weighted by molar-refractivity contribution is 5.61. The number of nitro benzene ring substituents is 1. The van der Waals surface area contributed by atoms with E-state index >= 15 is 0 Å². The van der Waals surface area contributed by atoms with E-state index in [-0.39, 0.29) is 11.8 Å². The maximum Gasteiger partial charge on any atom is 0.269 e. The number of benzene rings is 1. The second-order valence-corrected chi connectivity index (χ2v) is 5.30. The van der Waals surface area contributed by atoms with Crippen molar-refractivity contribution < 1.29 is 10.0 Å². The quantitative estimate of drug-likeness (QED) is 0.688. The molecule has 2 heterocycles. The summed E-state index contributed by atoms with van der Waals surface area (Å²) in [4.78, 5) is 12.3. The zero-order valence-electron chi connectivity index (χ0n) is 11.9. The number of nitrogens with zero attached hydrogens (tertiary/aromatic N) is 4. The summed E-state index contributed by atoms with van der Waals surface area (Å²) >= 11 is 0. The van der Waals surface area contributed by atoms with Crippen LogP contribution in [0.25, 0.3) is 11.3 Å². The van der Waals surface area contributed by atoms with Gasteiger partial charge in [0.25, 0.3) is 5.69 Å². The first-order valence-electron chi connectivity index (χ1n) is 7.15. The van der Waals surface area contributed by atoms with Gasteiger partial charge in [-0.25, -0.2) is 0 Å². The lowest BCUT2D eigenvalue weighted by molar-refractivity contribution is -0.384. The molecule has 0 bridgehead atoms. The van der Waals surface area contributed by atoms with Crippen molar-refractivity contribution in [2.75, 3.05) is 18.0 Å². The number of rotatable bonds is 3. The molecular formula is C15H16N4O3. The summed E-state index contributed by atoms with van der Waals surface area (Å²) in [5.41, 5.74) is 1.52. The highest BCUT2D eigenvalue weighted by atomic mass is 16.6. The fourth-order valence-electron chi connectivity index (χ4n) is 2.50. The number of anilines is 1. The number of piperidine rings is 1. The van der Waals surface area contributed by atoms with Crippen LogP contribution in [0.2, 0.25) is 0 Å². The van der Waals surface area contributed by atoms with E-state index in [0.717, 1.165) is 37.3 Å². The molecule has 0 unspecified atom stereocenters. The minimum atomic E-state index is -0.427. The second kappa shape index (κ2) is 6.07. The molecule has 7 nitrogen and oxygen atoms in total. The molecule has 0 atom stereocenters. The molecule has 1 saturated heterocycles. The smallest absolute Gasteiger partial charge is 0.269 e. The largest absolute Gasteiger partial charge is 0.393 e. The Morgan fingerprint density at radius 2 is 1.77 bits per heavy atom. The molecule has 22 heavy (non-hydrogen) atoms. The van der Waals surface area contributed by atoms with Crippen molar-refractivity contribution in [2.24, 2.45) is 0 Å². The van der Waals surface area contributed by atoms with Crippen LogP contribution in [0.4, 0.5) is 11.5 Å². The van der Waals surface area contributed by atoms with Gasteiger partial charge in [-0.15, -0.1) is 10.2 Å². The third kappa shape index (κ3) is 3.04. The first kappa shape index (κ1) is 14.4. The molecule has 0 amide bonds. The zero-order chi connectivity index (χ0) is 15.5. The van der Waals surface area contributed by atoms with Crippen LogP contribution in [-0.2, 0) is 0 Å². The van der Waals surface area contributed by atoms with Crippen molar-refractivity contribution in [2.45, 2.75) is 18.9 Å². The van der Waals surface area contributed by atoms with E-state index in [1.165, 1.54) is 12.1 Å². The average molecular weight is 300 g/mol. The molecule has 3 rings (SSSR count). The van der Waals surface area contributed by atoms with Gasteiger partial charge in [-0.1, -0.05) is 0 Å². The Hall–Kier alpha value is -2.54. The van der Waals surface area contributed by atoms with Gasteiger partial charge in [0.1, 0.15) is 0 Å². The van der Waals surface area contributed by atoms with Crippen molar-refractivity contribution in [1.82, 2.24) is 10.2 Å². The number of aliphatic hydroxyl groups is 1. The van der Waals surface area contributed by atoms with Gasteiger partial charge in [-0.05, 0) is 37.1 Å². The Kier molecular flexibility index (Phi) is 3.97. The van der Waals surface area contributed by atoms with Crippen molar-refractivity contribution in [1.29, 1.82) is 0 Å². The highest BCUT2D eigenvalue weighted by Gasteiger charge is 2.18. The minimum Gasteiger partial charge on any atom is -0.393 e. The third-order valence-electron chi connectivity index (χ3n) is 3.81. The van der Waals surface area contributed by atoms with Gasteiger partial charge in [0, 0.05) is 30.8 Å². The molecule has 1 N–H and O–H groups in total. The van der Waals surface area contributed by atoms with E-state index in [1.807, 2.05) is 12.1 Å². The molecule has 1 aromatic carbocycles. The van der Waals surface area contributed by atoms with E-state index < -0.39 is 4.92 Å². The Balaban J connectivity index is 1.75. The number of hydrogen-bond acceptors (Lipinski definition) is 6. The van der Waals surface area contributed by atoms with Crippen LogP contribution in [-0.4, -0.2) is 39.4 Å². The second-order valence-electron chi connectivity index (χ2n) is 5.30. The predicted octanol–water partition coefficient (Wildman–Crippen LogP) is 2.01. The van der Waals surface area contributed by atoms with Crippen LogP contribution in [0.3, 0.4) is 0 Å². The summed E-state index contributed by atoms with van der Waals surface area (Å²) in [6.07, 6.45) is 1.26. The Labute approximate surface area is 127 Å². The number of aromatic nitrogens is 2. The number of non-ortho nitro benzene ring substituents is 1. The topological polar surface area (TPSA) is 92.4 Å². The fraction of sp³-hybridized carbons (Fsp3) is 0.333. The maximum absolute atomic E-state index is 10.6. The number of hydrogen-bond donors (Lipinski definition) is 1. The van der Waals surface area contributed by atoms with Gasteiger partial charge >= 0.3 is 0 Å². The molecule has 0 aliphatic carbocycles. The van der Waals surface area contributed by atoms with Crippen molar-refractivity contribution >= 4 is 11.5 Å². The van der Waals surface area contributed by atoms with Crippen LogP contribution < -0.4 is 4.90 Å². The molecule has 1 aromatic heterocycles. The number of aliphatic hydroxyl groups excluding tert-OH is 1. The van der Waals surface area contributed by atoms with Crippen LogP contribution >= 0.6 is 0 Å². The van der Waals surface area contributed by atoms with Crippen LogP contribution in [0.5, 0.6) is 0 Å². The van der Waals surface area contributed by atoms with Gasteiger partial charge in [-0.3, -0.25) is 10.1 Å². The Morgan fingerprint density at radius 3 is 2.32 bits per heavy atom. The van der Waals surface area contributed by atoms with Crippen LogP contribution in [0, 0.1) is 10.1 Å². The van der Waals surface area contributed by atoms with Gasteiger partial charge in [-0.2, -0.15) is 0 Å². The highest BCUT2D eigenvalue weighted by Crippen LogP contribution is 2.22. The molecule has 0 saturated carbocycles. The molecule has 114 valence electrons. The summed E-state index contributed by atoms with van der Waals surface area (Å²) in [5.74, 6) is 0.789. The van der Waals surface area contributed by atoms with Crippen molar-refractivity contribution in [3.05, 3.63) is 46.5 Å². The zero-order valence-corrected chi connectivity index (χ0v) is 11.9. The Bertz CT molecular complexity index is 649. The van der Waals surface area contributed by atoms with E-state index in [9.17, 15) is 15.2 Å². The SMILES string of the molecule is O=[N+]([O-])c1ccc(-c2ccc(N3CCC(O)CC3)nn2)cc1. The van der Waals surface area contributed by atoms with E-state index in [1.54, 1.807) is 12.1 Å². The van der Waals surface area contributed by atoms with E-state index in [2.05, 4.69) is 15.1 Å². The fourth-order valence-corrected chi connectivity index (χ4v) is 2.50. The normalized spacial score (nSPS) is 15.8. The first-order chi connectivity index (χ1) is 10.6. The Morgan fingerprint density at radius 1 is 1.09 bits per heavy atom. The van der Waals surface area contributed by atoms with E-state index in [0.29, 0.717) is 5.69 Å². The van der Waals surface area contributed by atoms with E-state index in [4.69, 9.17) is 0 Å². The van der Waals surface area contributed by atoms with Gasteiger partial charge < -0.3 is 10.0 Å². The lowest BCUT2D eigenvalue weighted by Gasteiger charge is -2.30. The summed E-state index contributed by atoms with van der Waals surface area (Å²) < 4.78 is 0. The molecular weight excluding hydrogens is 284 g/mol. The summed E-state index contributed by atoms with van der Waals surface area (Å²) in [6.45, 7) is 1.54. The molecule has 0 spiro atoms. The lowest BCUT2D eigenvalue weighted by Crippen LogP contribution is -2.36. The third-order valence-corrected chi connectivity index (χ3v) is 3.81. The minimum absolute atomic E-state index is 0.0557. The van der Waals surface area contributed by atoms with Crippen molar-refractivity contribution in [3.63, 3.8) is 0 Å². The number of nitro groups is 1. The molecule has 7 heteroatoms. The van der Waals surface area contributed by atoms with Gasteiger partial charge in [0.15, 0.2) is 5.82 Å². The first-order valence-corrected chi connectivity index (χ1v) is 7.15. The summed E-state index contributed by atoms with van der Waals surface area (Å²) in [5, 5.41) is 28.6. The lowest BCUT2D eigenvalue weighted by atomic mass is 10.1. The maximum atomic E-state index is 10.6. The summed E-state index contributed by atoms with van der Waals surface area (Å²) in [6, 6.07) is 9.99. The van der Waals surface area contributed by atoms with Crippen molar-refractivity contribution in [3.8, 4) is 11.3 Å². The molecule has 0 radical (unpaired) electrons. The average Bonchev–Trinajstić information content (AvgIpc) is 2.56. The van der Waals surface area contributed by atoms with Crippen LogP contribution in [0.15, 0.2) is 36.4 Å². The standard InChI is InChI=1S/C15H16N4O3/c20-13-7-9-18(10-8-13)15-6-5-14(16-17-15)11-1-3-12(4-2-11)19(21)22/h1-6,13,20H,7-10H2. The van der Waals surface area contributed by atoms with Gasteiger partial charge in [0.05, 0.1) is 16.7 Å². The summed E-state index contributed by atoms with van der Waals surface area (Å²) in [7, 11) is 0. The monoisotopic (exact) mass is 300 g/mol. The molecule has 2 aromatic rings.